The van der Waals surface area contributed by atoms with Crippen LogP contribution in [0.3, 0.4) is 0 Å². The number of anilines is 1. The Morgan fingerprint density at radius 2 is 1.74 bits per heavy atom. The van der Waals surface area contributed by atoms with E-state index in [4.69, 9.17) is 16.3 Å². The Hall–Kier alpha value is -4.15. The van der Waals surface area contributed by atoms with E-state index in [0.717, 1.165) is 18.4 Å². The van der Waals surface area contributed by atoms with Crippen LogP contribution >= 0.6 is 34.3 Å². The molecule has 5 aromatic rings. The van der Waals surface area contributed by atoms with Crippen LogP contribution in [0.25, 0.3) is 10.9 Å². The molecule has 0 saturated heterocycles. The van der Waals surface area contributed by atoms with Crippen LogP contribution in [-0.2, 0) is 26.5 Å². The van der Waals surface area contributed by atoms with E-state index in [1.807, 2.05) is 36.0 Å². The largest absolute Gasteiger partial charge is 0.506 e. The van der Waals surface area contributed by atoms with Crippen molar-refractivity contribution in [1.29, 1.82) is 0 Å². The van der Waals surface area contributed by atoms with Crippen LogP contribution in [0.5, 0.6) is 5.75 Å². The number of hydrogen-bond donors (Lipinski definition) is 6. The summed E-state index contributed by atoms with van der Waals surface area (Å²) in [6.45, 7) is 1.17. The van der Waals surface area contributed by atoms with Gasteiger partial charge in [-0.15, -0.1) is 22.7 Å². The van der Waals surface area contributed by atoms with E-state index in [1.54, 1.807) is 36.4 Å². The lowest BCUT2D eigenvalue weighted by molar-refractivity contribution is -0.169. The van der Waals surface area contributed by atoms with Crippen molar-refractivity contribution in [2.75, 3.05) is 25.5 Å². The Morgan fingerprint density at radius 1 is 1.04 bits per heavy atom. The number of nitrogens with zero attached hydrogens (tertiary/aromatic N) is 1. The van der Waals surface area contributed by atoms with Crippen molar-refractivity contribution in [3.8, 4) is 5.75 Å². The molecule has 0 unspecified atom stereocenters. The maximum atomic E-state index is 13.3. The molecule has 1 aliphatic carbocycles. The Labute approximate surface area is 318 Å². The summed E-state index contributed by atoms with van der Waals surface area (Å²) in [6, 6.07) is 18.7. The fourth-order valence-electron chi connectivity index (χ4n) is 6.59. The number of aliphatic hydroxyl groups is 2. The van der Waals surface area contributed by atoms with Crippen molar-refractivity contribution in [3.05, 3.63) is 114 Å². The molecule has 1 fully saturated rings. The number of halogens is 2. The Kier molecular flexibility index (Phi) is 13.4. The van der Waals surface area contributed by atoms with Gasteiger partial charge in [0.1, 0.15) is 11.9 Å². The minimum atomic E-state index is -1.82. The third kappa shape index (κ3) is 9.33. The molecule has 282 valence electrons. The molecular weight excluding hydrogens is 743 g/mol. The number of aromatic amines is 1. The number of thiophene rings is 2. The summed E-state index contributed by atoms with van der Waals surface area (Å²) in [4.78, 5) is 43.7. The second-order valence-corrected chi connectivity index (χ2v) is 15.3. The molecule has 11 nitrogen and oxygen atoms in total. The highest BCUT2D eigenvalue weighted by molar-refractivity contribution is 7.12. The SMILES string of the molecule is CN(CCC(=O)Nc1ccc(CNC[C@H](O)c2ccc(O)c3[nH]c(=O)ccc23)cc1Cl)[C@H]1CC[C@H](OC(=O)C(O)(c2cccs2)c2cccs2)CC1.F. The van der Waals surface area contributed by atoms with Crippen LogP contribution in [0.1, 0.15) is 59.1 Å². The molecule has 15 heteroatoms. The Bertz CT molecular complexity index is 2020. The summed E-state index contributed by atoms with van der Waals surface area (Å²) in [5, 5.41) is 43.2. The van der Waals surface area contributed by atoms with Crippen LogP contribution in [0.2, 0.25) is 5.02 Å². The number of pyridine rings is 1. The number of phenols is 1. The zero-order chi connectivity index (χ0) is 36.8. The molecule has 1 saturated carbocycles. The number of aliphatic hydroxyl groups excluding tert-OH is 1. The number of nitrogens with one attached hydrogen (secondary N) is 3. The average molecular weight is 785 g/mol. The number of ether oxygens (including phenoxy) is 1. The number of carbonyl (C=O) groups excluding carboxylic acids is 2. The number of esters is 1. The third-order valence-corrected chi connectivity index (χ3v) is 11.8. The topological polar surface area (TPSA) is 164 Å². The highest BCUT2D eigenvalue weighted by Gasteiger charge is 2.45. The number of amides is 1. The van der Waals surface area contributed by atoms with Gasteiger partial charge >= 0.3 is 5.97 Å². The number of aromatic hydroxyl groups is 1. The third-order valence-electron chi connectivity index (χ3n) is 9.52. The van der Waals surface area contributed by atoms with Gasteiger partial charge < -0.3 is 40.6 Å². The molecule has 53 heavy (non-hydrogen) atoms. The van der Waals surface area contributed by atoms with Gasteiger partial charge in [0.15, 0.2) is 0 Å². The molecule has 3 heterocycles. The highest BCUT2D eigenvalue weighted by Crippen LogP contribution is 2.38. The van der Waals surface area contributed by atoms with Crippen molar-refractivity contribution in [3.63, 3.8) is 0 Å². The lowest BCUT2D eigenvalue weighted by Crippen LogP contribution is -2.42. The van der Waals surface area contributed by atoms with E-state index >= 15 is 0 Å². The molecular formula is C38H42ClFN4O7S2. The van der Waals surface area contributed by atoms with Crippen molar-refractivity contribution >= 4 is 62.7 Å². The fourth-order valence-corrected chi connectivity index (χ4v) is 8.55. The van der Waals surface area contributed by atoms with Crippen LogP contribution < -0.4 is 16.2 Å². The summed E-state index contributed by atoms with van der Waals surface area (Å²) in [5.41, 5.74) is 0.0557. The van der Waals surface area contributed by atoms with E-state index in [9.17, 15) is 29.7 Å². The second kappa shape index (κ2) is 17.8. The van der Waals surface area contributed by atoms with Gasteiger partial charge in [0, 0.05) is 43.5 Å². The van der Waals surface area contributed by atoms with Gasteiger partial charge in [0.05, 0.1) is 32.1 Å². The number of aromatic nitrogens is 1. The lowest BCUT2D eigenvalue weighted by Gasteiger charge is -2.35. The summed E-state index contributed by atoms with van der Waals surface area (Å²) in [6.07, 6.45) is 2.04. The zero-order valence-corrected chi connectivity index (χ0v) is 31.3. The van der Waals surface area contributed by atoms with E-state index < -0.39 is 17.7 Å². The van der Waals surface area contributed by atoms with Crippen molar-refractivity contribution in [2.24, 2.45) is 0 Å². The lowest BCUT2D eigenvalue weighted by atomic mass is 9.91. The van der Waals surface area contributed by atoms with E-state index in [-0.39, 0.29) is 52.5 Å². The Balaban J connectivity index is 0.00000541. The van der Waals surface area contributed by atoms with Crippen molar-refractivity contribution < 1.29 is 34.3 Å². The van der Waals surface area contributed by atoms with Gasteiger partial charge in [-0.1, -0.05) is 35.9 Å². The summed E-state index contributed by atoms with van der Waals surface area (Å²) in [7, 11) is 1.99. The number of phenolic OH excluding ortho intramolecular Hbond substituents is 1. The molecule has 2 aromatic carbocycles. The normalized spacial score (nSPS) is 16.6. The summed E-state index contributed by atoms with van der Waals surface area (Å²) < 4.78 is 5.88. The number of carbonyl (C=O) groups is 2. The quantitative estimate of drug-likeness (QED) is 0.0738. The molecule has 1 aliphatic rings. The number of fused-ring (bicyclic) bond motifs is 1. The molecule has 1 atom stereocenters. The first-order chi connectivity index (χ1) is 25.0. The maximum absolute atomic E-state index is 13.3. The van der Waals surface area contributed by atoms with Gasteiger partial charge in [-0.25, -0.2) is 4.79 Å². The first-order valence-electron chi connectivity index (χ1n) is 17.1. The first kappa shape index (κ1) is 40.0. The monoisotopic (exact) mass is 784 g/mol. The number of H-pyrrole nitrogens is 1. The van der Waals surface area contributed by atoms with Crippen LogP contribution in [0.15, 0.2) is 82.3 Å². The van der Waals surface area contributed by atoms with Gasteiger partial charge in [-0.3, -0.25) is 14.3 Å². The molecule has 6 rings (SSSR count). The van der Waals surface area contributed by atoms with Crippen molar-refractivity contribution in [2.45, 2.75) is 62.5 Å². The van der Waals surface area contributed by atoms with Crippen LogP contribution in [0.4, 0.5) is 10.4 Å². The molecule has 0 bridgehead atoms. The molecule has 3 aromatic heterocycles. The number of hydrogen-bond acceptors (Lipinski definition) is 11. The maximum Gasteiger partial charge on any atom is 0.349 e. The zero-order valence-electron chi connectivity index (χ0n) is 28.9. The van der Waals surface area contributed by atoms with Gasteiger partial charge in [-0.05, 0) is 91.0 Å². The van der Waals surface area contributed by atoms with Crippen molar-refractivity contribution in [1.82, 2.24) is 15.2 Å². The smallest absolute Gasteiger partial charge is 0.349 e. The average Bonchev–Trinajstić information content (AvgIpc) is 3.89. The van der Waals surface area contributed by atoms with Gasteiger partial charge in [0.2, 0.25) is 17.1 Å². The standard InChI is InChI=1S/C38H41ClN4O7S2.FH/c1-43(24-7-9-25(10-8-24)50-37(48)38(49,32-4-2-18-51-32)33-5-3-19-52-33)17-16-35(47)41-29-13-6-23(20-28(29)39)21-40-22-31(45)26-11-14-30(44)36-27(26)12-15-34(46)42-36;/h2-6,11-15,18-20,24-25,31,40,44-45,49H,7-10,16-17,21-22H2,1H3,(H,41,47)(H,42,46);1H/t24-,25-,31-;/m0./s1. The predicted molar refractivity (Wildman–Crippen MR) is 207 cm³/mol. The predicted octanol–water partition coefficient (Wildman–Crippen LogP) is 6.04. The summed E-state index contributed by atoms with van der Waals surface area (Å²) in [5.74, 6) is -0.873. The summed E-state index contributed by atoms with van der Waals surface area (Å²) >= 11 is 9.16. The number of benzene rings is 2. The first-order valence-corrected chi connectivity index (χ1v) is 19.2. The fraction of sp³-hybridized carbons (Fsp3) is 0.342. The molecule has 6 N–H and O–H groups in total. The molecule has 1 amide bonds. The van der Waals surface area contributed by atoms with Gasteiger partial charge in [0.25, 0.3) is 0 Å². The number of rotatable bonds is 14. The van der Waals surface area contributed by atoms with Gasteiger partial charge in [-0.2, -0.15) is 0 Å². The van der Waals surface area contributed by atoms with Crippen LogP contribution in [0, 0.1) is 0 Å². The minimum Gasteiger partial charge on any atom is -0.506 e. The van der Waals surface area contributed by atoms with E-state index in [2.05, 4.69) is 20.5 Å². The highest BCUT2D eigenvalue weighted by atomic mass is 35.5. The van der Waals surface area contributed by atoms with Crippen LogP contribution in [-0.4, -0.2) is 69.4 Å². The molecule has 0 spiro atoms. The van der Waals surface area contributed by atoms with E-state index in [1.165, 1.54) is 34.8 Å². The molecule has 0 aliphatic heterocycles. The van der Waals surface area contributed by atoms with E-state index in [0.29, 0.717) is 57.3 Å². The molecule has 0 radical (unpaired) electrons. The Morgan fingerprint density at radius 3 is 2.38 bits per heavy atom. The minimum absolute atomic E-state index is 0. The second-order valence-electron chi connectivity index (χ2n) is 13.0.